The molecule has 0 saturated heterocycles. The topological polar surface area (TPSA) is 84.0 Å². The first-order valence-electron chi connectivity index (χ1n) is 8.82. The summed E-state index contributed by atoms with van der Waals surface area (Å²) in [5.74, 6) is -1.00. The van der Waals surface area contributed by atoms with E-state index >= 15 is 0 Å². The fraction of sp³-hybridized carbons (Fsp3) is 0.143. The lowest BCUT2D eigenvalue weighted by Gasteiger charge is -2.10. The molecule has 2 aromatic carbocycles. The van der Waals surface area contributed by atoms with Gasteiger partial charge < -0.3 is 10.6 Å². The van der Waals surface area contributed by atoms with E-state index < -0.39 is 11.7 Å². The van der Waals surface area contributed by atoms with E-state index in [2.05, 4.69) is 20.8 Å². The van der Waals surface area contributed by atoms with Crippen molar-refractivity contribution in [3.8, 4) is 0 Å². The lowest BCUT2D eigenvalue weighted by atomic mass is 10.1. The van der Waals surface area contributed by atoms with Crippen molar-refractivity contribution < 1.29 is 14.0 Å². The van der Waals surface area contributed by atoms with E-state index in [-0.39, 0.29) is 23.0 Å². The summed E-state index contributed by atoms with van der Waals surface area (Å²) in [7, 11) is 0. The quantitative estimate of drug-likeness (QED) is 0.595. The van der Waals surface area contributed by atoms with Gasteiger partial charge in [-0.1, -0.05) is 36.0 Å². The van der Waals surface area contributed by atoms with Crippen LogP contribution in [0.25, 0.3) is 0 Å². The van der Waals surface area contributed by atoms with Crippen molar-refractivity contribution >= 4 is 35.1 Å². The van der Waals surface area contributed by atoms with Crippen LogP contribution in [0, 0.1) is 19.7 Å². The highest BCUT2D eigenvalue weighted by molar-refractivity contribution is 7.99. The van der Waals surface area contributed by atoms with E-state index in [1.807, 2.05) is 32.0 Å². The zero-order chi connectivity index (χ0) is 20.8. The van der Waals surface area contributed by atoms with Gasteiger partial charge in [0.2, 0.25) is 5.91 Å². The third-order valence-corrected chi connectivity index (χ3v) is 5.15. The molecule has 6 nitrogen and oxygen atoms in total. The van der Waals surface area contributed by atoms with Gasteiger partial charge in [0.25, 0.3) is 5.91 Å². The minimum atomic E-state index is -0.611. The number of carbonyl (C=O) groups excluding carboxylic acids is 2. The average molecular weight is 410 g/mol. The number of hydrogen-bond donors (Lipinski definition) is 2. The zero-order valence-electron chi connectivity index (χ0n) is 15.9. The molecule has 0 saturated carbocycles. The number of anilines is 2. The van der Waals surface area contributed by atoms with Crippen LogP contribution >= 0.6 is 11.8 Å². The number of nitrogens with zero attached hydrogens (tertiary/aromatic N) is 2. The molecular formula is C21H19FN4O2S. The first-order valence-corrected chi connectivity index (χ1v) is 9.81. The van der Waals surface area contributed by atoms with Crippen molar-refractivity contribution in [1.29, 1.82) is 0 Å². The molecule has 0 atom stereocenters. The number of aromatic nitrogens is 2. The summed E-state index contributed by atoms with van der Waals surface area (Å²) in [6.45, 7) is 3.94. The molecule has 29 heavy (non-hydrogen) atoms. The molecule has 0 aliphatic carbocycles. The standard InChI is InChI=1S/C21H19FN4O2S/c1-13-6-5-9-17(14(13)2)23-19(27)12-29-20-11-10-18(25-26-20)24-21(28)15-7-3-4-8-16(15)22/h3-11H,12H2,1-2H3,(H,23,27)(H,24,25,28). The number of benzene rings is 2. The van der Waals surface area contributed by atoms with Gasteiger partial charge in [-0.05, 0) is 55.3 Å². The number of carbonyl (C=O) groups is 2. The van der Waals surface area contributed by atoms with Crippen molar-refractivity contribution in [2.24, 2.45) is 0 Å². The van der Waals surface area contributed by atoms with Crippen LogP contribution < -0.4 is 10.6 Å². The highest BCUT2D eigenvalue weighted by Gasteiger charge is 2.12. The number of amides is 2. The predicted octanol–water partition coefficient (Wildman–Crippen LogP) is 4.22. The Balaban J connectivity index is 1.54. The van der Waals surface area contributed by atoms with Gasteiger partial charge in [0.1, 0.15) is 10.8 Å². The minimum absolute atomic E-state index is 0.0733. The van der Waals surface area contributed by atoms with Crippen LogP contribution in [0.4, 0.5) is 15.9 Å². The first kappa shape index (κ1) is 20.5. The molecule has 0 radical (unpaired) electrons. The maximum Gasteiger partial charge on any atom is 0.259 e. The summed E-state index contributed by atoms with van der Waals surface area (Å²) in [6.07, 6.45) is 0. The Kier molecular flexibility index (Phi) is 6.56. The fourth-order valence-corrected chi connectivity index (χ4v) is 3.12. The molecule has 1 heterocycles. The second-order valence-corrected chi connectivity index (χ2v) is 7.27. The van der Waals surface area contributed by atoms with E-state index in [0.717, 1.165) is 16.8 Å². The third kappa shape index (κ3) is 5.39. The number of nitrogens with one attached hydrogen (secondary N) is 2. The Morgan fingerprint density at radius 1 is 0.966 bits per heavy atom. The van der Waals surface area contributed by atoms with Crippen LogP contribution in [0.3, 0.4) is 0 Å². The highest BCUT2D eigenvalue weighted by atomic mass is 32.2. The number of thioether (sulfide) groups is 1. The monoisotopic (exact) mass is 410 g/mol. The largest absolute Gasteiger partial charge is 0.325 e. The molecule has 2 amide bonds. The van der Waals surface area contributed by atoms with Gasteiger partial charge in [0.15, 0.2) is 5.82 Å². The normalized spacial score (nSPS) is 10.4. The van der Waals surface area contributed by atoms with Crippen LogP contribution in [-0.4, -0.2) is 27.8 Å². The van der Waals surface area contributed by atoms with Gasteiger partial charge in [0.05, 0.1) is 11.3 Å². The third-order valence-electron chi connectivity index (χ3n) is 4.23. The lowest BCUT2D eigenvalue weighted by molar-refractivity contribution is -0.113. The van der Waals surface area contributed by atoms with Crippen LogP contribution in [0.1, 0.15) is 21.5 Å². The van der Waals surface area contributed by atoms with Crippen molar-refractivity contribution in [1.82, 2.24) is 10.2 Å². The Morgan fingerprint density at radius 2 is 1.76 bits per heavy atom. The number of halogens is 1. The van der Waals surface area contributed by atoms with E-state index in [1.54, 1.807) is 18.2 Å². The van der Waals surface area contributed by atoms with Gasteiger partial charge in [-0.2, -0.15) is 0 Å². The van der Waals surface area contributed by atoms with Gasteiger partial charge >= 0.3 is 0 Å². The van der Waals surface area contributed by atoms with Crippen LogP contribution in [0.2, 0.25) is 0 Å². The van der Waals surface area contributed by atoms with Crippen molar-refractivity contribution in [2.45, 2.75) is 18.9 Å². The van der Waals surface area contributed by atoms with Crippen molar-refractivity contribution in [3.05, 3.63) is 77.1 Å². The van der Waals surface area contributed by atoms with Gasteiger partial charge in [0, 0.05) is 5.69 Å². The minimum Gasteiger partial charge on any atom is -0.325 e. The van der Waals surface area contributed by atoms with Gasteiger partial charge in [-0.25, -0.2) is 4.39 Å². The average Bonchev–Trinajstić information content (AvgIpc) is 2.71. The van der Waals surface area contributed by atoms with Crippen LogP contribution in [0.5, 0.6) is 0 Å². The molecule has 0 spiro atoms. The fourth-order valence-electron chi connectivity index (χ4n) is 2.50. The van der Waals surface area contributed by atoms with E-state index in [0.29, 0.717) is 5.03 Å². The molecular weight excluding hydrogens is 391 g/mol. The maximum atomic E-state index is 13.6. The highest BCUT2D eigenvalue weighted by Crippen LogP contribution is 2.20. The smallest absolute Gasteiger partial charge is 0.259 e. The molecule has 2 N–H and O–H groups in total. The maximum absolute atomic E-state index is 13.6. The van der Waals surface area contributed by atoms with Gasteiger partial charge in [-0.15, -0.1) is 10.2 Å². The summed E-state index contributed by atoms with van der Waals surface area (Å²) < 4.78 is 13.6. The lowest BCUT2D eigenvalue weighted by Crippen LogP contribution is -2.16. The Hall–Kier alpha value is -3.26. The first-order chi connectivity index (χ1) is 13.9. The van der Waals surface area contributed by atoms with Gasteiger partial charge in [-0.3, -0.25) is 9.59 Å². The summed E-state index contributed by atoms with van der Waals surface area (Å²) in [5.41, 5.74) is 2.85. The molecule has 0 unspecified atom stereocenters. The number of hydrogen-bond acceptors (Lipinski definition) is 5. The molecule has 0 bridgehead atoms. The Bertz CT molecular complexity index is 1040. The zero-order valence-corrected chi connectivity index (χ0v) is 16.7. The van der Waals surface area contributed by atoms with Crippen LogP contribution in [0.15, 0.2) is 59.6 Å². The molecule has 0 fully saturated rings. The number of rotatable bonds is 6. The van der Waals surface area contributed by atoms with Crippen molar-refractivity contribution in [3.63, 3.8) is 0 Å². The molecule has 148 valence electrons. The molecule has 1 aromatic heterocycles. The van der Waals surface area contributed by atoms with E-state index in [4.69, 9.17) is 0 Å². The molecule has 0 aliphatic heterocycles. The molecule has 3 aromatic rings. The Labute approximate surface area is 171 Å². The van der Waals surface area contributed by atoms with Crippen molar-refractivity contribution in [2.75, 3.05) is 16.4 Å². The number of aryl methyl sites for hydroxylation is 1. The summed E-state index contributed by atoms with van der Waals surface area (Å²) >= 11 is 1.23. The Morgan fingerprint density at radius 3 is 2.48 bits per heavy atom. The molecule has 8 heteroatoms. The van der Waals surface area contributed by atoms with E-state index in [1.165, 1.54) is 30.0 Å². The SMILES string of the molecule is Cc1cccc(NC(=O)CSc2ccc(NC(=O)c3ccccc3F)nn2)c1C. The predicted molar refractivity (Wildman–Crippen MR) is 112 cm³/mol. The summed E-state index contributed by atoms with van der Waals surface area (Å²) in [6, 6.07) is 14.6. The summed E-state index contributed by atoms with van der Waals surface area (Å²) in [4.78, 5) is 24.3. The molecule has 3 rings (SSSR count). The van der Waals surface area contributed by atoms with Crippen LogP contribution in [-0.2, 0) is 4.79 Å². The second-order valence-electron chi connectivity index (χ2n) is 6.28. The summed E-state index contributed by atoms with van der Waals surface area (Å²) in [5, 5.41) is 13.8. The molecule has 0 aliphatic rings. The van der Waals surface area contributed by atoms with E-state index in [9.17, 15) is 14.0 Å². The second kappa shape index (κ2) is 9.29.